The van der Waals surface area contributed by atoms with Crippen LogP contribution < -0.4 is 0 Å². The molecule has 0 radical (unpaired) electrons. The monoisotopic (exact) mass is 401 g/mol. The molecule has 1 aliphatic rings. The molecule has 1 saturated heterocycles. The Morgan fingerprint density at radius 3 is 2.64 bits per heavy atom. The summed E-state index contributed by atoms with van der Waals surface area (Å²) >= 11 is 0.681. The number of amides is 2. The second-order valence-corrected chi connectivity index (χ2v) is 7.09. The molecular weight excluding hydrogens is 386 g/mol. The van der Waals surface area contributed by atoms with Gasteiger partial charge in [-0.2, -0.15) is 0 Å². The first kappa shape index (κ1) is 19.4. The van der Waals surface area contributed by atoms with Gasteiger partial charge in [-0.1, -0.05) is 6.07 Å². The van der Waals surface area contributed by atoms with Gasteiger partial charge in [-0.25, -0.2) is 0 Å². The highest BCUT2D eigenvalue weighted by atomic mass is 32.2. The zero-order valence-electron chi connectivity index (χ0n) is 14.9. The minimum absolute atomic E-state index is 0.0404. The molecule has 0 unspecified atom stereocenters. The normalized spacial score (nSPS) is 15.5. The number of aromatic nitrogens is 1. The highest BCUT2D eigenvalue weighted by molar-refractivity contribution is 8.18. The number of aliphatic carboxylic acids is 1. The lowest BCUT2D eigenvalue weighted by Gasteiger charge is -2.09. The van der Waals surface area contributed by atoms with Crippen molar-refractivity contribution in [3.8, 4) is 5.69 Å². The number of benzene rings is 1. The molecule has 2 amide bonds. The van der Waals surface area contributed by atoms with E-state index in [-0.39, 0.29) is 10.6 Å². The van der Waals surface area contributed by atoms with Crippen molar-refractivity contribution in [2.45, 2.75) is 13.8 Å². The predicted molar refractivity (Wildman–Crippen MR) is 102 cm³/mol. The third-order valence-corrected chi connectivity index (χ3v) is 5.13. The molecule has 0 bridgehead atoms. The van der Waals surface area contributed by atoms with Crippen molar-refractivity contribution in [2.75, 3.05) is 6.54 Å². The molecule has 10 heteroatoms. The lowest BCUT2D eigenvalue weighted by atomic mass is 10.2. The fraction of sp³-hybridized carbons (Fsp3) is 0.167. The van der Waals surface area contributed by atoms with Gasteiger partial charge in [0, 0.05) is 23.5 Å². The molecule has 3 rings (SSSR count). The highest BCUT2D eigenvalue weighted by Gasteiger charge is 2.36. The van der Waals surface area contributed by atoms with Gasteiger partial charge in [0.15, 0.2) is 0 Å². The van der Waals surface area contributed by atoms with Crippen LogP contribution in [0.25, 0.3) is 11.8 Å². The lowest BCUT2D eigenvalue weighted by molar-refractivity contribution is -0.384. The molecule has 1 aromatic heterocycles. The number of carbonyl (C=O) groups excluding carboxylic acids is 2. The van der Waals surface area contributed by atoms with E-state index in [9.17, 15) is 24.5 Å². The zero-order valence-corrected chi connectivity index (χ0v) is 15.7. The molecule has 9 nitrogen and oxygen atoms in total. The van der Waals surface area contributed by atoms with E-state index < -0.39 is 28.6 Å². The largest absolute Gasteiger partial charge is 0.480 e. The maximum atomic E-state index is 12.3. The first-order chi connectivity index (χ1) is 13.2. The topological polar surface area (TPSA) is 123 Å². The first-order valence-electron chi connectivity index (χ1n) is 8.10. The summed E-state index contributed by atoms with van der Waals surface area (Å²) in [5, 5.41) is 19.2. The number of carbonyl (C=O) groups is 3. The minimum Gasteiger partial charge on any atom is -0.480 e. The second kappa shape index (κ2) is 7.31. The Morgan fingerprint density at radius 1 is 1.29 bits per heavy atom. The van der Waals surface area contributed by atoms with Crippen molar-refractivity contribution in [1.29, 1.82) is 0 Å². The van der Waals surface area contributed by atoms with Crippen LogP contribution in [0.4, 0.5) is 10.5 Å². The molecule has 2 aromatic rings. The van der Waals surface area contributed by atoms with Crippen LogP contribution in [0, 0.1) is 24.0 Å². The van der Waals surface area contributed by atoms with Crippen molar-refractivity contribution >= 4 is 40.6 Å². The standard InChI is InChI=1S/C18H15N3O6S/c1-10-6-12(7-15-17(24)19(9-16(22)23)18(25)28-15)11(2)20(10)13-4-3-5-14(8-13)21(26)27/h3-8H,9H2,1-2H3,(H,22,23)/b15-7+. The first-order valence-corrected chi connectivity index (χ1v) is 8.91. The fourth-order valence-corrected chi connectivity index (χ4v) is 3.82. The summed E-state index contributed by atoms with van der Waals surface area (Å²) in [4.78, 5) is 46.4. The summed E-state index contributed by atoms with van der Waals surface area (Å²) in [6.07, 6.45) is 1.53. The van der Waals surface area contributed by atoms with Crippen LogP contribution in [0.5, 0.6) is 0 Å². The zero-order chi connectivity index (χ0) is 20.6. The Labute approximate surface area is 163 Å². The Morgan fingerprint density at radius 2 is 2.00 bits per heavy atom. The second-order valence-electron chi connectivity index (χ2n) is 6.10. The number of non-ortho nitro benzene ring substituents is 1. The summed E-state index contributed by atoms with van der Waals surface area (Å²) < 4.78 is 1.81. The Hall–Kier alpha value is -3.40. The molecule has 28 heavy (non-hydrogen) atoms. The molecule has 1 aliphatic heterocycles. The van der Waals surface area contributed by atoms with Crippen LogP contribution in [0.3, 0.4) is 0 Å². The molecule has 1 N–H and O–H groups in total. The van der Waals surface area contributed by atoms with Crippen LogP contribution in [-0.2, 0) is 9.59 Å². The molecule has 2 heterocycles. The number of nitrogens with zero attached hydrogens (tertiary/aromatic N) is 3. The number of thioether (sulfide) groups is 1. The van der Waals surface area contributed by atoms with Crippen molar-refractivity contribution < 1.29 is 24.4 Å². The molecule has 0 saturated carbocycles. The number of aryl methyl sites for hydroxylation is 1. The quantitative estimate of drug-likeness (QED) is 0.464. The third-order valence-electron chi connectivity index (χ3n) is 4.22. The highest BCUT2D eigenvalue weighted by Crippen LogP contribution is 2.33. The van der Waals surface area contributed by atoms with Crippen LogP contribution in [0.15, 0.2) is 35.2 Å². The number of hydrogen-bond donors (Lipinski definition) is 1. The number of hydrogen-bond acceptors (Lipinski definition) is 6. The number of carboxylic acid groups (broad SMARTS) is 1. The van der Waals surface area contributed by atoms with Crippen LogP contribution in [0.1, 0.15) is 17.0 Å². The van der Waals surface area contributed by atoms with E-state index >= 15 is 0 Å². The number of imide groups is 1. The van der Waals surface area contributed by atoms with Crippen molar-refractivity contribution in [3.05, 3.63) is 62.3 Å². The summed E-state index contributed by atoms with van der Waals surface area (Å²) in [6, 6.07) is 7.96. The molecule has 144 valence electrons. The number of nitro benzene ring substituents is 1. The van der Waals surface area contributed by atoms with Crippen LogP contribution in [-0.4, -0.2) is 43.2 Å². The van der Waals surface area contributed by atoms with Gasteiger partial charge in [-0.3, -0.25) is 29.4 Å². The van der Waals surface area contributed by atoms with Gasteiger partial charge >= 0.3 is 5.97 Å². The van der Waals surface area contributed by atoms with Gasteiger partial charge in [0.25, 0.3) is 16.8 Å². The van der Waals surface area contributed by atoms with E-state index in [0.717, 1.165) is 11.4 Å². The number of nitro groups is 1. The average Bonchev–Trinajstić information content (AvgIpc) is 3.05. The van der Waals surface area contributed by atoms with Gasteiger partial charge in [-0.05, 0) is 49.4 Å². The van der Waals surface area contributed by atoms with Crippen LogP contribution >= 0.6 is 11.8 Å². The Kier molecular flexibility index (Phi) is 5.06. The van der Waals surface area contributed by atoms with E-state index in [2.05, 4.69) is 0 Å². The number of carboxylic acids is 1. The lowest BCUT2D eigenvalue weighted by Crippen LogP contribution is -2.33. The Bertz CT molecular complexity index is 1060. The summed E-state index contributed by atoms with van der Waals surface area (Å²) in [5.41, 5.74) is 2.73. The SMILES string of the molecule is Cc1cc(/C=C2/SC(=O)N(CC(=O)O)C2=O)c(C)n1-c1cccc([N+](=O)[O-])c1. The van der Waals surface area contributed by atoms with Crippen molar-refractivity contribution in [3.63, 3.8) is 0 Å². The van der Waals surface area contributed by atoms with Gasteiger partial charge in [0.2, 0.25) is 0 Å². The molecule has 1 fully saturated rings. The third kappa shape index (κ3) is 3.54. The molecule has 0 aliphatic carbocycles. The fourth-order valence-electron chi connectivity index (χ4n) is 2.99. The van der Waals surface area contributed by atoms with E-state index in [0.29, 0.717) is 27.9 Å². The Balaban J connectivity index is 1.99. The van der Waals surface area contributed by atoms with E-state index in [4.69, 9.17) is 5.11 Å². The summed E-state index contributed by atoms with van der Waals surface area (Å²) in [7, 11) is 0. The molecule has 0 atom stereocenters. The van der Waals surface area contributed by atoms with E-state index in [1.807, 2.05) is 6.92 Å². The molecule has 1 aromatic carbocycles. The molecular formula is C18H15N3O6S. The maximum Gasteiger partial charge on any atom is 0.323 e. The summed E-state index contributed by atoms with van der Waals surface area (Å²) in [5.74, 6) is -1.93. The number of rotatable bonds is 5. The van der Waals surface area contributed by atoms with Crippen molar-refractivity contribution in [1.82, 2.24) is 9.47 Å². The maximum absolute atomic E-state index is 12.3. The van der Waals surface area contributed by atoms with Gasteiger partial charge in [-0.15, -0.1) is 0 Å². The van der Waals surface area contributed by atoms with E-state index in [1.165, 1.54) is 18.2 Å². The van der Waals surface area contributed by atoms with Gasteiger partial charge < -0.3 is 9.67 Å². The van der Waals surface area contributed by atoms with Crippen molar-refractivity contribution in [2.24, 2.45) is 0 Å². The minimum atomic E-state index is -1.27. The van der Waals surface area contributed by atoms with Gasteiger partial charge in [0.1, 0.15) is 6.54 Å². The average molecular weight is 401 g/mol. The summed E-state index contributed by atoms with van der Waals surface area (Å²) in [6.45, 7) is 2.92. The smallest absolute Gasteiger partial charge is 0.323 e. The molecule has 0 spiro atoms. The predicted octanol–water partition coefficient (Wildman–Crippen LogP) is 3.12. The van der Waals surface area contributed by atoms with Crippen LogP contribution in [0.2, 0.25) is 0 Å². The van der Waals surface area contributed by atoms with Gasteiger partial charge in [0.05, 0.1) is 15.5 Å². The van der Waals surface area contributed by atoms with E-state index in [1.54, 1.807) is 29.7 Å².